The van der Waals surface area contributed by atoms with Crippen LogP contribution in [0.5, 0.6) is 0 Å². The minimum absolute atomic E-state index is 0.0551. The quantitative estimate of drug-likeness (QED) is 0.0830. The predicted octanol–water partition coefficient (Wildman–Crippen LogP) is 6.43. The van der Waals surface area contributed by atoms with E-state index in [2.05, 4.69) is 50.9 Å². The molecular weight excluding hydrogens is 741 g/mol. The molecule has 0 spiro atoms. The molecular formula is C43H54N8O7. The van der Waals surface area contributed by atoms with Crippen LogP contribution in [0.15, 0.2) is 59.3 Å². The van der Waals surface area contributed by atoms with Crippen LogP contribution in [0.3, 0.4) is 0 Å². The summed E-state index contributed by atoms with van der Waals surface area (Å²) in [6, 6.07) is 12.7. The van der Waals surface area contributed by atoms with Gasteiger partial charge in [0.05, 0.1) is 49.0 Å². The predicted molar refractivity (Wildman–Crippen MR) is 218 cm³/mol. The number of benzene rings is 2. The summed E-state index contributed by atoms with van der Waals surface area (Å²) in [6.45, 7) is 10.8. The maximum absolute atomic E-state index is 13.7. The van der Waals surface area contributed by atoms with Crippen LogP contribution >= 0.6 is 0 Å². The first-order valence-electron chi connectivity index (χ1n) is 20.0. The van der Waals surface area contributed by atoms with Crippen LogP contribution in [-0.4, -0.2) is 98.6 Å². The summed E-state index contributed by atoms with van der Waals surface area (Å²) >= 11 is 0. The summed E-state index contributed by atoms with van der Waals surface area (Å²) in [5.41, 5.74) is 6.23. The fraction of sp³-hybridized carbons (Fsp3) is 0.465. The van der Waals surface area contributed by atoms with E-state index < -0.39 is 24.6 Å². The molecule has 0 saturated carbocycles. The zero-order valence-electron chi connectivity index (χ0n) is 34.2. The molecule has 5 aromatic rings. The fourth-order valence-corrected chi connectivity index (χ4v) is 8.29. The van der Waals surface area contributed by atoms with E-state index in [9.17, 15) is 19.5 Å². The van der Waals surface area contributed by atoms with E-state index in [1.54, 1.807) is 11.1 Å². The molecule has 58 heavy (non-hydrogen) atoms. The van der Waals surface area contributed by atoms with Crippen molar-refractivity contribution < 1.29 is 33.4 Å². The van der Waals surface area contributed by atoms with Gasteiger partial charge >= 0.3 is 6.09 Å². The number of nitrogens with one attached hydrogen (secondary N) is 4. The number of ether oxygens (including phenoxy) is 2. The number of aromatic amines is 2. The van der Waals surface area contributed by atoms with Crippen LogP contribution in [0.4, 0.5) is 4.79 Å². The summed E-state index contributed by atoms with van der Waals surface area (Å²) in [5, 5.41) is 16.6. The molecule has 2 aliphatic heterocycles. The van der Waals surface area contributed by atoms with Gasteiger partial charge in [0.25, 0.3) is 0 Å². The number of hydrogen-bond acceptors (Lipinski definition) is 10. The van der Waals surface area contributed by atoms with Crippen LogP contribution in [0.25, 0.3) is 44.6 Å². The third-order valence-corrected chi connectivity index (χ3v) is 11.4. The molecule has 2 fully saturated rings. The molecule has 15 heteroatoms. The number of carbonyl (C=O) groups is 3. The van der Waals surface area contributed by atoms with E-state index in [1.807, 2.05) is 57.8 Å². The number of aromatic nitrogens is 4. The number of H-pyrrole nitrogens is 2. The highest BCUT2D eigenvalue weighted by atomic mass is 16.6. The Labute approximate surface area is 337 Å². The third kappa shape index (κ3) is 8.11. The van der Waals surface area contributed by atoms with Crippen molar-refractivity contribution in [1.29, 1.82) is 0 Å². The number of likely N-dealkylation sites (tertiary alicyclic amines) is 2. The van der Waals surface area contributed by atoms with Gasteiger partial charge < -0.3 is 44.1 Å². The molecule has 15 nitrogen and oxygen atoms in total. The average molecular weight is 795 g/mol. The number of rotatable bonds is 13. The molecule has 5 atom stereocenters. The van der Waals surface area contributed by atoms with Crippen LogP contribution in [0.2, 0.25) is 0 Å². The Bertz CT molecular complexity index is 2240. The number of aliphatic hydroxyl groups is 1. The lowest BCUT2D eigenvalue weighted by atomic mass is 9.97. The first-order chi connectivity index (χ1) is 27.9. The van der Waals surface area contributed by atoms with Gasteiger partial charge in [0.15, 0.2) is 0 Å². The van der Waals surface area contributed by atoms with Crippen molar-refractivity contribution in [2.75, 3.05) is 27.3 Å². The minimum atomic E-state index is -1.23. The first kappa shape index (κ1) is 40.7. The average Bonchev–Trinajstić information content (AvgIpc) is 4.06. The van der Waals surface area contributed by atoms with Crippen molar-refractivity contribution in [3.8, 4) is 33.6 Å². The highest BCUT2D eigenvalue weighted by molar-refractivity contribution is 6.02. The number of aliphatic hydroxyl groups excluding tert-OH is 1. The lowest BCUT2D eigenvalue weighted by molar-refractivity contribution is -0.145. The van der Waals surface area contributed by atoms with Crippen molar-refractivity contribution in [3.63, 3.8) is 0 Å². The molecule has 308 valence electrons. The van der Waals surface area contributed by atoms with Gasteiger partial charge in [0, 0.05) is 31.1 Å². The fourth-order valence-electron chi connectivity index (χ4n) is 8.29. The van der Waals surface area contributed by atoms with Crippen molar-refractivity contribution in [1.82, 2.24) is 40.4 Å². The number of methoxy groups -OCH3 is 2. The van der Waals surface area contributed by atoms with Gasteiger partial charge in [0.1, 0.15) is 29.0 Å². The smallest absolute Gasteiger partial charge is 0.407 e. The zero-order valence-corrected chi connectivity index (χ0v) is 34.2. The largest absolute Gasteiger partial charge is 0.461 e. The molecule has 0 aliphatic carbocycles. The van der Waals surface area contributed by atoms with E-state index in [0.717, 1.165) is 81.9 Å². The molecule has 2 aromatic carbocycles. The molecule has 5 unspecified atom stereocenters. The standard InChI is InChI=1S/C43H54N8O7/c1-23(2)35(48-42(54)56-6)40(52)50-18-8-10-33(50)38-44-21-31(46-38)27-14-12-26(13-15-27)28-16-17-29(37-30(28)20-25(5)58-37)32-22-45-39(47-32)34-11-9-19-51(34)41(53)36(24(3)4)49-43(55)57-7/h12-17,20-24,33-36,42,48,54H,8-11,18-19H2,1-7H3,(H,44,46)(H,45,47)(H,49,55). The van der Waals surface area contributed by atoms with E-state index in [1.165, 1.54) is 14.2 Å². The number of nitrogens with zero attached hydrogens (tertiary/aromatic N) is 4. The van der Waals surface area contributed by atoms with Gasteiger partial charge in [-0.3, -0.25) is 14.9 Å². The first-order valence-corrected chi connectivity index (χ1v) is 20.0. The molecule has 5 N–H and O–H groups in total. The topological polar surface area (TPSA) is 191 Å². The number of carbonyl (C=O) groups excluding carboxylic acids is 3. The SMILES string of the molecule is COC(=O)NC(C(=O)N1CCCC1c1ncc(-c2ccc(-c3ccc(-c4cnc(C5CCCN5C(=O)C(NC(O)OC)C(C)C)[nH]4)cc3)c3cc(C)oc23)[nH]1)C(C)C. The number of hydrogen-bond donors (Lipinski definition) is 5. The Morgan fingerprint density at radius 2 is 1.36 bits per heavy atom. The second kappa shape index (κ2) is 17.1. The lowest BCUT2D eigenvalue weighted by Gasteiger charge is -2.31. The summed E-state index contributed by atoms with van der Waals surface area (Å²) in [6.07, 6.45) is 4.96. The normalized spacial score (nSPS) is 18.7. The van der Waals surface area contributed by atoms with Crippen LogP contribution in [0, 0.1) is 18.8 Å². The molecule has 2 saturated heterocycles. The Morgan fingerprint density at radius 1 is 0.810 bits per heavy atom. The van der Waals surface area contributed by atoms with Gasteiger partial charge in [-0.2, -0.15) is 0 Å². The van der Waals surface area contributed by atoms with Gasteiger partial charge in [0.2, 0.25) is 18.2 Å². The zero-order chi connectivity index (χ0) is 41.2. The molecule has 7 rings (SSSR count). The summed E-state index contributed by atoms with van der Waals surface area (Å²) in [5.74, 6) is 1.77. The highest BCUT2D eigenvalue weighted by Crippen LogP contribution is 2.40. The minimum Gasteiger partial charge on any atom is -0.461 e. The van der Waals surface area contributed by atoms with Gasteiger partial charge in [-0.05, 0) is 73.3 Å². The van der Waals surface area contributed by atoms with Crippen LogP contribution < -0.4 is 10.6 Å². The van der Waals surface area contributed by atoms with E-state index in [0.29, 0.717) is 18.9 Å². The van der Waals surface area contributed by atoms with E-state index in [4.69, 9.17) is 23.9 Å². The van der Waals surface area contributed by atoms with Gasteiger partial charge in [-0.15, -0.1) is 0 Å². The third-order valence-electron chi connectivity index (χ3n) is 11.4. The van der Waals surface area contributed by atoms with Crippen LogP contribution in [0.1, 0.15) is 82.9 Å². The molecule has 0 radical (unpaired) electrons. The molecule has 5 heterocycles. The number of amides is 3. The number of imidazole rings is 2. The number of alkyl carbamates (subject to hydrolysis) is 1. The lowest BCUT2D eigenvalue weighted by Crippen LogP contribution is -2.52. The Balaban J connectivity index is 1.09. The van der Waals surface area contributed by atoms with E-state index >= 15 is 0 Å². The Morgan fingerprint density at radius 3 is 1.95 bits per heavy atom. The molecule has 0 bridgehead atoms. The van der Waals surface area contributed by atoms with Crippen molar-refractivity contribution in [2.24, 2.45) is 11.8 Å². The number of aryl methyl sites for hydroxylation is 1. The summed E-state index contributed by atoms with van der Waals surface area (Å²) in [7, 11) is 2.67. The van der Waals surface area contributed by atoms with Crippen molar-refractivity contribution >= 4 is 28.9 Å². The summed E-state index contributed by atoms with van der Waals surface area (Å²) < 4.78 is 16.1. The second-order valence-electron chi connectivity index (χ2n) is 15.9. The van der Waals surface area contributed by atoms with Gasteiger partial charge in [-0.25, -0.2) is 14.8 Å². The Hall–Kier alpha value is -5.51. The maximum Gasteiger partial charge on any atom is 0.407 e. The van der Waals surface area contributed by atoms with Crippen molar-refractivity contribution in [3.05, 3.63) is 72.3 Å². The highest BCUT2D eigenvalue weighted by Gasteiger charge is 2.39. The second-order valence-corrected chi connectivity index (χ2v) is 15.9. The number of furan rings is 1. The van der Waals surface area contributed by atoms with Crippen LogP contribution in [-0.2, 0) is 19.1 Å². The monoisotopic (exact) mass is 794 g/mol. The maximum atomic E-state index is 13.7. The molecule has 2 aliphatic rings. The van der Waals surface area contributed by atoms with Crippen molar-refractivity contribution in [2.45, 2.75) is 90.9 Å². The molecule has 3 amide bonds. The van der Waals surface area contributed by atoms with E-state index in [-0.39, 0.29) is 35.7 Å². The molecule has 3 aromatic heterocycles. The van der Waals surface area contributed by atoms with Gasteiger partial charge in [-0.1, -0.05) is 58.0 Å². The Kier molecular flexibility index (Phi) is 12.0. The number of fused-ring (bicyclic) bond motifs is 1. The summed E-state index contributed by atoms with van der Waals surface area (Å²) in [4.78, 5) is 59.4.